The first-order chi connectivity index (χ1) is 12.9. The summed E-state index contributed by atoms with van der Waals surface area (Å²) in [6.45, 7) is 5.21. The molecule has 2 amide bonds. The first-order valence-electron chi connectivity index (χ1n) is 9.09. The number of carbonyl (C=O) groups is 2. The summed E-state index contributed by atoms with van der Waals surface area (Å²) in [5.74, 6) is -2.03. The molecule has 0 spiro atoms. The fourth-order valence-electron chi connectivity index (χ4n) is 3.35. The molecule has 1 aliphatic rings. The van der Waals surface area contributed by atoms with Crippen molar-refractivity contribution in [2.45, 2.75) is 33.1 Å². The second-order valence-corrected chi connectivity index (χ2v) is 7.73. The van der Waals surface area contributed by atoms with E-state index in [4.69, 9.17) is 0 Å². The second kappa shape index (κ2) is 8.17. The summed E-state index contributed by atoms with van der Waals surface area (Å²) >= 11 is 1.50. The Balaban J connectivity index is 1.70. The molecule has 1 aliphatic carbocycles. The number of amides is 2. The molecule has 0 fully saturated rings. The first kappa shape index (κ1) is 19.5. The van der Waals surface area contributed by atoms with E-state index in [1.807, 2.05) is 19.9 Å². The molecule has 0 saturated carbocycles. The fourth-order valence-corrected chi connectivity index (χ4v) is 4.52. The Morgan fingerprint density at radius 2 is 1.96 bits per heavy atom. The third kappa shape index (κ3) is 4.18. The smallest absolute Gasteiger partial charge is 0.263 e. The number of benzene rings is 1. The van der Waals surface area contributed by atoms with Crippen LogP contribution in [0.25, 0.3) is 0 Å². The molecule has 0 saturated heterocycles. The minimum absolute atomic E-state index is 0.0186. The molecule has 2 aromatic rings. The number of aryl methyl sites for hydroxylation is 1. The van der Waals surface area contributed by atoms with Crippen molar-refractivity contribution in [2.24, 2.45) is 5.92 Å². The van der Waals surface area contributed by atoms with Crippen LogP contribution in [-0.2, 0) is 17.6 Å². The van der Waals surface area contributed by atoms with Crippen LogP contribution in [0, 0.1) is 17.6 Å². The number of halogens is 2. The maximum Gasteiger partial charge on any atom is 0.263 e. The van der Waals surface area contributed by atoms with Crippen LogP contribution >= 0.6 is 11.3 Å². The third-order valence-electron chi connectivity index (χ3n) is 4.90. The number of anilines is 1. The minimum atomic E-state index is -0.789. The average Bonchev–Trinajstić information content (AvgIpc) is 3.08. The Hall–Kier alpha value is -2.28. The number of thiophene rings is 1. The summed E-state index contributed by atoms with van der Waals surface area (Å²) in [6, 6.07) is 4.97. The highest BCUT2D eigenvalue weighted by atomic mass is 32.1. The van der Waals surface area contributed by atoms with E-state index in [0.29, 0.717) is 30.8 Å². The zero-order chi connectivity index (χ0) is 19.6. The van der Waals surface area contributed by atoms with E-state index < -0.39 is 11.6 Å². The van der Waals surface area contributed by atoms with Gasteiger partial charge in [-0.1, -0.05) is 0 Å². The number of hydrogen-bond donors (Lipinski definition) is 1. The molecule has 0 aliphatic heterocycles. The summed E-state index contributed by atoms with van der Waals surface area (Å²) in [5.41, 5.74) is 0.997. The van der Waals surface area contributed by atoms with Gasteiger partial charge in [-0.25, -0.2) is 8.78 Å². The summed E-state index contributed by atoms with van der Waals surface area (Å²) in [6.07, 6.45) is 1.88. The summed E-state index contributed by atoms with van der Waals surface area (Å²) in [5, 5.41) is 2.55. The van der Waals surface area contributed by atoms with Gasteiger partial charge in [0.05, 0.1) is 10.6 Å². The lowest BCUT2D eigenvalue weighted by Crippen LogP contribution is -2.29. The molecule has 1 aromatic heterocycles. The molecule has 1 aromatic carbocycles. The van der Waals surface area contributed by atoms with Gasteiger partial charge in [0.15, 0.2) is 0 Å². The van der Waals surface area contributed by atoms with Gasteiger partial charge in [-0.15, -0.1) is 11.3 Å². The average molecular weight is 392 g/mol. The highest BCUT2D eigenvalue weighted by Gasteiger charge is 2.28. The lowest BCUT2D eigenvalue weighted by Gasteiger charge is -2.21. The summed E-state index contributed by atoms with van der Waals surface area (Å²) in [7, 11) is 0. The Morgan fingerprint density at radius 1 is 1.22 bits per heavy atom. The topological polar surface area (TPSA) is 49.4 Å². The molecule has 27 heavy (non-hydrogen) atoms. The van der Waals surface area contributed by atoms with Gasteiger partial charge >= 0.3 is 0 Å². The van der Waals surface area contributed by atoms with Gasteiger partial charge in [0.2, 0.25) is 5.91 Å². The van der Waals surface area contributed by atoms with Crippen LogP contribution in [0.3, 0.4) is 0 Å². The van der Waals surface area contributed by atoms with Gasteiger partial charge < -0.3 is 10.2 Å². The quantitative estimate of drug-likeness (QED) is 0.827. The fraction of sp³-hybridized carbons (Fsp3) is 0.400. The van der Waals surface area contributed by atoms with Crippen LogP contribution in [0.2, 0.25) is 0 Å². The predicted molar refractivity (Wildman–Crippen MR) is 102 cm³/mol. The molecule has 1 heterocycles. The van der Waals surface area contributed by atoms with Crippen molar-refractivity contribution in [3.8, 4) is 0 Å². The number of fused-ring (bicyclic) bond motifs is 1. The van der Waals surface area contributed by atoms with Crippen LogP contribution < -0.4 is 5.32 Å². The number of hydrogen-bond acceptors (Lipinski definition) is 3. The highest BCUT2D eigenvalue weighted by molar-refractivity contribution is 7.14. The molecule has 1 atom stereocenters. The molecule has 7 heteroatoms. The van der Waals surface area contributed by atoms with Crippen LogP contribution in [0.5, 0.6) is 0 Å². The maximum atomic E-state index is 13.8. The van der Waals surface area contributed by atoms with E-state index in [-0.39, 0.29) is 23.4 Å². The summed E-state index contributed by atoms with van der Waals surface area (Å²) in [4.78, 5) is 28.7. The van der Waals surface area contributed by atoms with E-state index in [9.17, 15) is 18.4 Å². The molecule has 0 radical (unpaired) electrons. The van der Waals surface area contributed by atoms with Gasteiger partial charge in [-0.05, 0) is 56.9 Å². The summed E-state index contributed by atoms with van der Waals surface area (Å²) < 4.78 is 26.8. The zero-order valence-electron chi connectivity index (χ0n) is 15.4. The molecule has 1 N–H and O–H groups in total. The number of nitrogens with one attached hydrogen (secondary N) is 1. The number of carbonyl (C=O) groups excluding carboxylic acids is 2. The standard InChI is InChI=1S/C20H22F2N2O2S/c1-3-24(4-2)20(26)18-10-13-9-12(5-8-17(13)27-18)19(25)23-16-7-6-14(21)11-15(16)22/h6-7,10-12H,3-5,8-9H2,1-2H3,(H,23,25)/t12-/m0/s1. The molecular formula is C20H22F2N2O2S. The lowest BCUT2D eigenvalue weighted by molar-refractivity contribution is -0.120. The van der Waals surface area contributed by atoms with Crippen molar-refractivity contribution >= 4 is 28.8 Å². The van der Waals surface area contributed by atoms with Crippen molar-refractivity contribution in [3.63, 3.8) is 0 Å². The van der Waals surface area contributed by atoms with E-state index in [0.717, 1.165) is 29.0 Å². The largest absolute Gasteiger partial charge is 0.339 e. The monoisotopic (exact) mass is 392 g/mol. The molecule has 0 unspecified atom stereocenters. The van der Waals surface area contributed by atoms with E-state index in [2.05, 4.69) is 5.32 Å². The minimum Gasteiger partial charge on any atom is -0.339 e. The Kier molecular flexibility index (Phi) is 5.89. The van der Waals surface area contributed by atoms with Crippen molar-refractivity contribution in [2.75, 3.05) is 18.4 Å². The van der Waals surface area contributed by atoms with Crippen LogP contribution in [-0.4, -0.2) is 29.8 Å². The van der Waals surface area contributed by atoms with Crippen molar-refractivity contribution in [1.82, 2.24) is 4.90 Å². The van der Waals surface area contributed by atoms with Gasteiger partial charge in [0.25, 0.3) is 5.91 Å². The maximum absolute atomic E-state index is 13.8. The lowest BCUT2D eigenvalue weighted by atomic mass is 9.87. The molecule has 144 valence electrons. The van der Waals surface area contributed by atoms with Crippen LogP contribution in [0.1, 0.15) is 40.4 Å². The Morgan fingerprint density at radius 3 is 2.63 bits per heavy atom. The van der Waals surface area contributed by atoms with Crippen molar-refractivity contribution < 1.29 is 18.4 Å². The SMILES string of the molecule is CCN(CC)C(=O)c1cc2c(s1)CC[C@H](C(=O)Nc1ccc(F)cc1F)C2. The van der Waals surface area contributed by atoms with E-state index >= 15 is 0 Å². The molecular weight excluding hydrogens is 370 g/mol. The van der Waals surface area contributed by atoms with Gasteiger partial charge in [-0.3, -0.25) is 9.59 Å². The first-order valence-corrected chi connectivity index (χ1v) is 9.91. The van der Waals surface area contributed by atoms with E-state index in [1.165, 1.54) is 17.4 Å². The molecule has 0 bridgehead atoms. The van der Waals surface area contributed by atoms with Crippen LogP contribution in [0.4, 0.5) is 14.5 Å². The number of rotatable bonds is 5. The normalized spacial score (nSPS) is 15.9. The highest BCUT2D eigenvalue weighted by Crippen LogP contribution is 2.33. The van der Waals surface area contributed by atoms with E-state index in [1.54, 1.807) is 4.90 Å². The van der Waals surface area contributed by atoms with Crippen LogP contribution in [0.15, 0.2) is 24.3 Å². The van der Waals surface area contributed by atoms with Gasteiger partial charge in [0.1, 0.15) is 11.6 Å². The third-order valence-corrected chi connectivity index (χ3v) is 6.13. The predicted octanol–water partition coefficient (Wildman–Crippen LogP) is 4.25. The Labute approximate surface area is 161 Å². The number of nitrogens with zero attached hydrogens (tertiary/aromatic N) is 1. The second-order valence-electron chi connectivity index (χ2n) is 6.59. The van der Waals surface area contributed by atoms with Crippen molar-refractivity contribution in [1.29, 1.82) is 0 Å². The zero-order valence-corrected chi connectivity index (χ0v) is 16.2. The molecule has 3 rings (SSSR count). The molecule has 4 nitrogen and oxygen atoms in total. The van der Waals surface area contributed by atoms with Gasteiger partial charge in [0, 0.05) is 30.0 Å². The Bertz CT molecular complexity index is 862. The van der Waals surface area contributed by atoms with Crippen molar-refractivity contribution in [3.05, 3.63) is 51.2 Å². The van der Waals surface area contributed by atoms with Gasteiger partial charge in [-0.2, -0.15) is 0 Å².